The standard InChI is InChI=1S/C23H22O2/c1-3-16-14-19(10-12-21(16)24)23(18-8-6-5-7-9-18)20-11-13-22(25)17(4-2)15-20/h5-15,24H,3-4H2,1-2H3/p-1. The van der Waals surface area contributed by atoms with Gasteiger partial charge in [0.15, 0.2) is 5.78 Å². The third-order valence-corrected chi connectivity index (χ3v) is 4.52. The van der Waals surface area contributed by atoms with Crippen molar-refractivity contribution in [3.63, 3.8) is 0 Å². The van der Waals surface area contributed by atoms with Crippen LogP contribution in [0.2, 0.25) is 0 Å². The second kappa shape index (κ2) is 7.35. The first-order chi connectivity index (χ1) is 12.1. The van der Waals surface area contributed by atoms with Crippen molar-refractivity contribution in [1.29, 1.82) is 0 Å². The number of ketones is 1. The van der Waals surface area contributed by atoms with Crippen LogP contribution in [0.15, 0.2) is 77.9 Å². The minimum atomic E-state index is 0.0721. The van der Waals surface area contributed by atoms with Crippen LogP contribution < -0.4 is 5.11 Å². The van der Waals surface area contributed by atoms with E-state index in [2.05, 4.69) is 12.1 Å². The van der Waals surface area contributed by atoms with Crippen LogP contribution in [-0.2, 0) is 11.2 Å². The van der Waals surface area contributed by atoms with Gasteiger partial charge in [-0.3, -0.25) is 4.79 Å². The lowest BCUT2D eigenvalue weighted by atomic mass is 9.88. The molecule has 0 N–H and O–H groups in total. The quantitative estimate of drug-likeness (QED) is 0.822. The largest absolute Gasteiger partial charge is 0.872 e. The van der Waals surface area contributed by atoms with Gasteiger partial charge in [-0.05, 0) is 52.8 Å². The van der Waals surface area contributed by atoms with Crippen molar-refractivity contribution in [3.05, 3.63) is 94.6 Å². The van der Waals surface area contributed by atoms with Crippen molar-refractivity contribution in [2.24, 2.45) is 0 Å². The fraction of sp³-hybridized carbons (Fsp3) is 0.174. The molecule has 0 atom stereocenters. The van der Waals surface area contributed by atoms with Gasteiger partial charge >= 0.3 is 0 Å². The molecule has 0 bridgehead atoms. The summed E-state index contributed by atoms with van der Waals surface area (Å²) >= 11 is 0. The number of benzene rings is 2. The molecular formula is C23H21O2-. The number of hydrogen-bond donors (Lipinski definition) is 0. The average molecular weight is 329 g/mol. The predicted octanol–water partition coefficient (Wildman–Crippen LogP) is 4.60. The first kappa shape index (κ1) is 17.0. The first-order valence-electron chi connectivity index (χ1n) is 8.67. The fourth-order valence-electron chi connectivity index (χ4n) is 3.13. The fourth-order valence-corrected chi connectivity index (χ4v) is 3.13. The zero-order chi connectivity index (χ0) is 17.8. The summed E-state index contributed by atoms with van der Waals surface area (Å²) in [7, 11) is 0. The van der Waals surface area contributed by atoms with E-state index in [0.717, 1.165) is 33.4 Å². The molecule has 2 aromatic rings. The lowest BCUT2D eigenvalue weighted by Gasteiger charge is -2.19. The van der Waals surface area contributed by atoms with E-state index in [4.69, 9.17) is 0 Å². The van der Waals surface area contributed by atoms with Crippen molar-refractivity contribution in [2.45, 2.75) is 26.7 Å². The van der Waals surface area contributed by atoms with Gasteiger partial charge < -0.3 is 5.11 Å². The van der Waals surface area contributed by atoms with Gasteiger partial charge in [-0.25, -0.2) is 0 Å². The zero-order valence-electron chi connectivity index (χ0n) is 14.6. The SMILES string of the molecule is CCC1=CC(=C(c2ccccc2)c2ccc([O-])c(CC)c2)C=CC1=O. The molecule has 2 nitrogen and oxygen atoms in total. The Hall–Kier alpha value is -2.87. The Kier molecular flexibility index (Phi) is 4.99. The molecule has 0 saturated heterocycles. The van der Waals surface area contributed by atoms with Crippen LogP contribution in [-0.4, -0.2) is 5.78 Å². The molecule has 0 spiro atoms. The van der Waals surface area contributed by atoms with Crippen molar-refractivity contribution in [1.82, 2.24) is 0 Å². The minimum Gasteiger partial charge on any atom is -0.872 e. The summed E-state index contributed by atoms with van der Waals surface area (Å²) in [6, 6.07) is 15.6. The minimum absolute atomic E-state index is 0.0721. The van der Waals surface area contributed by atoms with Crippen LogP contribution in [0.1, 0.15) is 37.0 Å². The summed E-state index contributed by atoms with van der Waals surface area (Å²) in [6.45, 7) is 3.98. The van der Waals surface area contributed by atoms with E-state index in [-0.39, 0.29) is 11.5 Å². The highest BCUT2D eigenvalue weighted by atomic mass is 16.3. The summed E-state index contributed by atoms with van der Waals surface area (Å²) < 4.78 is 0. The maximum Gasteiger partial charge on any atom is 0.181 e. The van der Waals surface area contributed by atoms with E-state index in [1.807, 2.05) is 56.3 Å². The van der Waals surface area contributed by atoms with Gasteiger partial charge in [-0.2, -0.15) is 0 Å². The molecule has 1 aliphatic rings. The summed E-state index contributed by atoms with van der Waals surface area (Å²) in [5, 5.41) is 12.0. The van der Waals surface area contributed by atoms with Crippen LogP contribution >= 0.6 is 0 Å². The van der Waals surface area contributed by atoms with Crippen LogP contribution in [0.4, 0.5) is 0 Å². The van der Waals surface area contributed by atoms with E-state index in [9.17, 15) is 9.90 Å². The average Bonchev–Trinajstić information content (AvgIpc) is 2.65. The second-order valence-electron chi connectivity index (χ2n) is 6.09. The Labute approximate surface area is 148 Å². The van der Waals surface area contributed by atoms with Gasteiger partial charge in [0, 0.05) is 0 Å². The predicted molar refractivity (Wildman–Crippen MR) is 100 cm³/mol. The maximum absolute atomic E-state index is 12.0. The molecule has 0 unspecified atom stereocenters. The summed E-state index contributed by atoms with van der Waals surface area (Å²) in [5.74, 6) is 0.144. The van der Waals surface area contributed by atoms with Gasteiger partial charge in [0.25, 0.3) is 0 Å². The van der Waals surface area contributed by atoms with Crippen molar-refractivity contribution >= 4 is 11.4 Å². The van der Waals surface area contributed by atoms with E-state index < -0.39 is 0 Å². The lowest BCUT2D eigenvalue weighted by molar-refractivity contribution is -0.269. The monoisotopic (exact) mass is 329 g/mol. The smallest absolute Gasteiger partial charge is 0.181 e. The normalized spacial score (nSPS) is 15.9. The number of carbonyl (C=O) groups is 1. The van der Waals surface area contributed by atoms with Gasteiger partial charge in [0.1, 0.15) is 0 Å². The van der Waals surface area contributed by atoms with Gasteiger partial charge in [0.2, 0.25) is 0 Å². The molecule has 1 aliphatic carbocycles. The number of aryl methyl sites for hydroxylation is 1. The van der Waals surface area contributed by atoms with E-state index in [1.165, 1.54) is 0 Å². The Bertz CT molecular complexity index is 884. The molecule has 25 heavy (non-hydrogen) atoms. The third kappa shape index (κ3) is 3.48. The van der Waals surface area contributed by atoms with Gasteiger partial charge in [-0.1, -0.05) is 74.0 Å². The van der Waals surface area contributed by atoms with Gasteiger partial charge in [0.05, 0.1) is 0 Å². The first-order valence-corrected chi connectivity index (χ1v) is 8.67. The zero-order valence-corrected chi connectivity index (χ0v) is 14.6. The van der Waals surface area contributed by atoms with Crippen molar-refractivity contribution in [3.8, 4) is 5.75 Å². The molecule has 0 fully saturated rings. The summed E-state index contributed by atoms with van der Waals surface area (Å²) in [4.78, 5) is 12.0. The van der Waals surface area contributed by atoms with Crippen LogP contribution in [0, 0.1) is 0 Å². The van der Waals surface area contributed by atoms with E-state index in [0.29, 0.717) is 12.8 Å². The molecule has 0 radical (unpaired) electrons. The molecule has 2 aromatic carbocycles. The molecule has 3 rings (SSSR count). The number of rotatable bonds is 4. The summed E-state index contributed by atoms with van der Waals surface area (Å²) in [6.07, 6.45) is 6.89. The Morgan fingerprint density at radius 3 is 2.36 bits per heavy atom. The van der Waals surface area contributed by atoms with E-state index >= 15 is 0 Å². The molecular weight excluding hydrogens is 308 g/mol. The highest BCUT2D eigenvalue weighted by Gasteiger charge is 2.15. The number of hydrogen-bond acceptors (Lipinski definition) is 2. The molecule has 0 amide bonds. The Balaban J connectivity index is 2.25. The second-order valence-corrected chi connectivity index (χ2v) is 6.09. The molecule has 0 heterocycles. The van der Waals surface area contributed by atoms with Crippen LogP contribution in [0.25, 0.3) is 5.57 Å². The van der Waals surface area contributed by atoms with Crippen molar-refractivity contribution in [2.75, 3.05) is 0 Å². The molecule has 0 saturated carbocycles. The van der Waals surface area contributed by atoms with Gasteiger partial charge in [-0.15, -0.1) is 5.75 Å². The highest BCUT2D eigenvalue weighted by Crippen LogP contribution is 2.32. The lowest BCUT2D eigenvalue weighted by Crippen LogP contribution is -2.04. The summed E-state index contributed by atoms with van der Waals surface area (Å²) in [5.41, 5.74) is 5.74. The van der Waals surface area contributed by atoms with Crippen LogP contribution in [0.5, 0.6) is 5.75 Å². The van der Waals surface area contributed by atoms with E-state index in [1.54, 1.807) is 12.1 Å². The number of carbonyl (C=O) groups excluding carboxylic acids is 1. The molecule has 126 valence electrons. The maximum atomic E-state index is 12.0. The Morgan fingerprint density at radius 2 is 1.68 bits per heavy atom. The van der Waals surface area contributed by atoms with Crippen molar-refractivity contribution < 1.29 is 9.90 Å². The molecule has 0 aromatic heterocycles. The topological polar surface area (TPSA) is 40.1 Å². The molecule has 2 heteroatoms. The third-order valence-electron chi connectivity index (χ3n) is 4.52. The number of allylic oxidation sites excluding steroid dienone is 5. The van der Waals surface area contributed by atoms with Crippen LogP contribution in [0.3, 0.4) is 0 Å². The molecule has 0 aliphatic heterocycles. The Morgan fingerprint density at radius 1 is 0.920 bits per heavy atom. The highest BCUT2D eigenvalue weighted by molar-refractivity contribution is 6.07.